The van der Waals surface area contributed by atoms with Gasteiger partial charge in [0.1, 0.15) is 28.6 Å². The molecule has 4 amide bonds. The Balaban J connectivity index is 0.759. The Morgan fingerprint density at radius 2 is 1.41 bits per heavy atom. The van der Waals surface area contributed by atoms with Crippen LogP contribution in [0.5, 0.6) is 11.5 Å². The molecule has 0 radical (unpaired) electrons. The van der Waals surface area contributed by atoms with Crippen LogP contribution in [0, 0.1) is 5.92 Å². The molecule has 0 atom stereocenters. The molecule has 4 aliphatic rings. The number of fused-ring (bicyclic) bond motifs is 2. The number of hydrogen-bond donors (Lipinski definition) is 3. The van der Waals surface area contributed by atoms with Gasteiger partial charge < -0.3 is 25.6 Å². The largest absolute Gasteiger partial charge is 0.457 e. The van der Waals surface area contributed by atoms with Crippen LogP contribution in [0.1, 0.15) is 41.6 Å². The van der Waals surface area contributed by atoms with E-state index in [2.05, 4.69) is 55.7 Å². The lowest BCUT2D eigenvalue weighted by Gasteiger charge is -2.38. The van der Waals surface area contributed by atoms with Crippen LogP contribution in [-0.2, 0) is 17.8 Å². The zero-order chi connectivity index (χ0) is 39.6. The lowest BCUT2D eigenvalue weighted by Crippen LogP contribution is -2.49. The average molecular weight is 780 g/mol. The SMILES string of the molecule is NC(=O)c1c(-c2ccc(Oc3ccccc3)cc2)nn2c1Nc1ccc(N3CCN(CCC4CCN(c5ccc(N6CCC(=O)NC6=O)cc5)CC4)CC3)cc1CC2. The van der Waals surface area contributed by atoms with Gasteiger partial charge in [-0.25, -0.2) is 9.48 Å². The number of primary amides is 1. The monoisotopic (exact) mass is 779 g/mol. The van der Waals surface area contributed by atoms with Crippen molar-refractivity contribution in [2.75, 3.05) is 72.4 Å². The van der Waals surface area contributed by atoms with E-state index in [9.17, 15) is 14.4 Å². The zero-order valence-electron chi connectivity index (χ0n) is 32.6. The minimum Gasteiger partial charge on any atom is -0.457 e. The molecule has 298 valence electrons. The second kappa shape index (κ2) is 16.3. The number of piperidine rings is 1. The lowest BCUT2D eigenvalue weighted by molar-refractivity contribution is -0.120. The van der Waals surface area contributed by atoms with Crippen molar-refractivity contribution >= 4 is 46.4 Å². The van der Waals surface area contributed by atoms with Gasteiger partial charge in [0.05, 0.1) is 0 Å². The number of carbonyl (C=O) groups is 3. The van der Waals surface area contributed by atoms with E-state index in [1.165, 1.54) is 36.2 Å². The van der Waals surface area contributed by atoms with Crippen molar-refractivity contribution in [3.8, 4) is 22.8 Å². The fourth-order valence-electron chi connectivity index (χ4n) is 8.68. The minimum atomic E-state index is -0.522. The van der Waals surface area contributed by atoms with Gasteiger partial charge in [-0.2, -0.15) is 5.10 Å². The summed E-state index contributed by atoms with van der Waals surface area (Å²) in [4.78, 5) is 45.8. The number of anilines is 5. The topological polar surface area (TPSA) is 141 Å². The van der Waals surface area contributed by atoms with Crippen LogP contribution in [-0.4, -0.2) is 84.9 Å². The smallest absolute Gasteiger partial charge is 0.328 e. The Hall–Kier alpha value is -6.34. The van der Waals surface area contributed by atoms with Gasteiger partial charge in [-0.15, -0.1) is 0 Å². The Bertz CT molecular complexity index is 2280. The molecule has 0 spiro atoms. The summed E-state index contributed by atoms with van der Waals surface area (Å²) >= 11 is 0. The normalized spacial score (nSPS) is 17.6. The third-order valence-corrected chi connectivity index (χ3v) is 12.0. The molecule has 4 aliphatic heterocycles. The molecule has 58 heavy (non-hydrogen) atoms. The number of ether oxygens (including phenoxy) is 1. The summed E-state index contributed by atoms with van der Waals surface area (Å²) in [5.41, 5.74) is 13.1. The molecular weight excluding hydrogens is 731 g/mol. The number of nitrogens with one attached hydrogen (secondary N) is 2. The number of aromatic nitrogens is 2. The Morgan fingerprint density at radius 3 is 2.14 bits per heavy atom. The van der Waals surface area contributed by atoms with Crippen molar-refractivity contribution in [3.63, 3.8) is 0 Å². The van der Waals surface area contributed by atoms with Crippen LogP contribution in [0.2, 0.25) is 0 Å². The Kier molecular flexibility index (Phi) is 10.4. The average Bonchev–Trinajstić information content (AvgIpc) is 3.52. The molecule has 1 aromatic heterocycles. The van der Waals surface area contributed by atoms with Crippen molar-refractivity contribution in [2.45, 2.75) is 38.6 Å². The highest BCUT2D eigenvalue weighted by Crippen LogP contribution is 2.37. The molecule has 0 bridgehead atoms. The number of piperazine rings is 1. The summed E-state index contributed by atoms with van der Waals surface area (Å²) in [5, 5.41) is 10.8. The van der Waals surface area contributed by atoms with Crippen molar-refractivity contribution < 1.29 is 19.1 Å². The number of rotatable bonds is 10. The van der Waals surface area contributed by atoms with Crippen LogP contribution in [0.15, 0.2) is 97.1 Å². The minimum absolute atomic E-state index is 0.217. The van der Waals surface area contributed by atoms with Crippen LogP contribution in [0.25, 0.3) is 11.3 Å². The second-order valence-electron chi connectivity index (χ2n) is 15.6. The maximum Gasteiger partial charge on any atom is 0.328 e. The number of hydrogen-bond acceptors (Lipinski definition) is 9. The highest BCUT2D eigenvalue weighted by molar-refractivity contribution is 6.06. The van der Waals surface area contributed by atoms with E-state index in [0.717, 1.165) is 80.8 Å². The number of benzene rings is 4. The number of imide groups is 1. The zero-order valence-corrected chi connectivity index (χ0v) is 32.6. The summed E-state index contributed by atoms with van der Waals surface area (Å²) in [5.74, 6) is 2.06. The molecule has 5 heterocycles. The number of nitrogens with zero attached hydrogens (tertiary/aromatic N) is 6. The van der Waals surface area contributed by atoms with E-state index in [1.54, 1.807) is 4.90 Å². The van der Waals surface area contributed by atoms with Crippen LogP contribution >= 0.6 is 0 Å². The summed E-state index contributed by atoms with van der Waals surface area (Å²) in [6, 6.07) is 31.6. The van der Waals surface area contributed by atoms with Gasteiger partial charge in [0.25, 0.3) is 5.91 Å². The number of carbonyl (C=O) groups excluding carboxylic acids is 3. The van der Waals surface area contributed by atoms with E-state index < -0.39 is 5.91 Å². The van der Waals surface area contributed by atoms with Crippen molar-refractivity contribution in [1.29, 1.82) is 0 Å². The number of amides is 4. The van der Waals surface area contributed by atoms with Gasteiger partial charge in [0, 0.05) is 87.1 Å². The number of para-hydroxylation sites is 1. The molecule has 3 saturated heterocycles. The van der Waals surface area contributed by atoms with Crippen LogP contribution in [0.3, 0.4) is 0 Å². The fourth-order valence-corrected chi connectivity index (χ4v) is 8.68. The van der Waals surface area contributed by atoms with Gasteiger partial charge in [0.15, 0.2) is 0 Å². The van der Waals surface area contributed by atoms with E-state index >= 15 is 0 Å². The molecular formula is C45H49N9O4. The van der Waals surface area contributed by atoms with Gasteiger partial charge >= 0.3 is 6.03 Å². The molecule has 0 saturated carbocycles. The van der Waals surface area contributed by atoms with Crippen molar-refractivity contribution in [1.82, 2.24) is 20.0 Å². The molecule has 13 heteroatoms. The summed E-state index contributed by atoms with van der Waals surface area (Å²) < 4.78 is 7.83. The Morgan fingerprint density at radius 1 is 0.724 bits per heavy atom. The summed E-state index contributed by atoms with van der Waals surface area (Å²) in [6.45, 7) is 8.30. The van der Waals surface area contributed by atoms with Crippen LogP contribution < -0.4 is 35.8 Å². The van der Waals surface area contributed by atoms with Gasteiger partial charge in [0.2, 0.25) is 5.91 Å². The number of nitrogens with two attached hydrogens (primary N) is 1. The van der Waals surface area contributed by atoms with E-state index in [0.29, 0.717) is 42.3 Å². The third-order valence-electron chi connectivity index (χ3n) is 12.0. The van der Waals surface area contributed by atoms with Crippen LogP contribution in [0.4, 0.5) is 33.4 Å². The van der Waals surface area contributed by atoms with E-state index in [4.69, 9.17) is 15.6 Å². The van der Waals surface area contributed by atoms with Gasteiger partial charge in [-0.1, -0.05) is 18.2 Å². The fraction of sp³-hybridized carbons (Fsp3) is 0.333. The quantitative estimate of drug-likeness (QED) is 0.143. The highest BCUT2D eigenvalue weighted by atomic mass is 16.5. The third kappa shape index (κ3) is 7.94. The first-order chi connectivity index (χ1) is 28.3. The molecule has 0 unspecified atom stereocenters. The van der Waals surface area contributed by atoms with E-state index in [1.807, 2.05) is 71.4 Å². The van der Waals surface area contributed by atoms with Gasteiger partial charge in [-0.05, 0) is 123 Å². The first-order valence-electron chi connectivity index (χ1n) is 20.4. The number of aryl methyl sites for hydroxylation is 2. The van der Waals surface area contributed by atoms with Gasteiger partial charge in [-0.3, -0.25) is 24.7 Å². The molecule has 0 aliphatic carbocycles. The summed E-state index contributed by atoms with van der Waals surface area (Å²) in [6.07, 6.45) is 4.68. The first kappa shape index (κ1) is 37.2. The highest BCUT2D eigenvalue weighted by Gasteiger charge is 2.28. The molecule has 5 aromatic rings. The molecule has 9 rings (SSSR count). The summed E-state index contributed by atoms with van der Waals surface area (Å²) in [7, 11) is 0. The van der Waals surface area contributed by atoms with E-state index in [-0.39, 0.29) is 11.9 Å². The maximum atomic E-state index is 12.9. The lowest BCUT2D eigenvalue weighted by atomic mass is 9.93. The Labute approximate surface area is 338 Å². The second-order valence-corrected chi connectivity index (χ2v) is 15.6. The van der Waals surface area contributed by atoms with Crippen molar-refractivity contribution in [2.24, 2.45) is 11.7 Å². The standard InChI is InChI=1S/C45H49N9O4/c46-43(56)41-42(32-6-13-38(14-7-32)58-37-4-2-1-3-5-37)49-54-25-19-33-30-36(12-15-39(33)47-44(41)54)52-28-26-50(27-29-52)21-16-31-17-22-51(23-18-31)34-8-10-35(11-9-34)53-24-20-40(55)48-45(53)57/h1-15,30-31,47H,16-29H2,(H2,46,56)(H,48,55,57). The predicted molar refractivity (Wildman–Crippen MR) is 226 cm³/mol. The molecule has 3 fully saturated rings. The molecule has 13 nitrogen and oxygen atoms in total. The maximum absolute atomic E-state index is 12.9. The molecule has 4 aromatic carbocycles. The molecule has 4 N–H and O–H groups in total. The first-order valence-corrected chi connectivity index (χ1v) is 20.4. The predicted octanol–water partition coefficient (Wildman–Crippen LogP) is 6.62. The number of urea groups is 1. The van der Waals surface area contributed by atoms with Crippen molar-refractivity contribution in [3.05, 3.63) is 108 Å².